The predicted octanol–water partition coefficient (Wildman–Crippen LogP) is 4.32. The molecule has 0 saturated carbocycles. The van der Waals surface area contributed by atoms with Crippen LogP contribution in [0.1, 0.15) is 66.0 Å². The molecule has 0 spiro atoms. The van der Waals surface area contributed by atoms with Gasteiger partial charge in [0.2, 0.25) is 5.91 Å². The molecule has 2 amide bonds. The van der Waals surface area contributed by atoms with Gasteiger partial charge >= 0.3 is 0 Å². The monoisotopic (exact) mass is 545 g/mol. The largest absolute Gasteiger partial charge is 0.342 e. The second-order valence-electron chi connectivity index (χ2n) is 12.4. The summed E-state index contributed by atoms with van der Waals surface area (Å²) in [5.74, 6) is 0.861. The van der Waals surface area contributed by atoms with E-state index in [1.54, 1.807) is 25.1 Å². The summed E-state index contributed by atoms with van der Waals surface area (Å²) < 4.78 is 14.3. The van der Waals surface area contributed by atoms with Crippen LogP contribution >= 0.6 is 0 Å². The fourth-order valence-corrected chi connectivity index (χ4v) is 7.20. The average molecular weight is 546 g/mol. The Morgan fingerprint density at radius 3 is 2.33 bits per heavy atom. The highest BCUT2D eigenvalue weighted by Gasteiger charge is 2.44. The van der Waals surface area contributed by atoms with Crippen LogP contribution in [-0.4, -0.2) is 77.3 Å². The average Bonchev–Trinajstić information content (AvgIpc) is 3.50. The molecule has 0 bridgehead atoms. The number of rotatable bonds is 6. The number of fused-ring (bicyclic) bond motifs is 1. The fourth-order valence-electron chi connectivity index (χ4n) is 7.20. The number of pyridine rings is 1. The minimum atomic E-state index is -0.207. The normalized spacial score (nSPS) is 22.4. The summed E-state index contributed by atoms with van der Waals surface area (Å²) in [6.07, 6.45) is 2.61. The van der Waals surface area contributed by atoms with Crippen LogP contribution in [0.5, 0.6) is 0 Å². The van der Waals surface area contributed by atoms with E-state index in [0.29, 0.717) is 41.9 Å². The molecule has 1 aromatic carbocycles. The Bertz CT molecular complexity index is 1290. The first kappa shape index (κ1) is 28.2. The van der Waals surface area contributed by atoms with E-state index < -0.39 is 0 Å². The number of halogens is 1. The molecule has 4 heterocycles. The van der Waals surface area contributed by atoms with Crippen LogP contribution in [0.4, 0.5) is 4.39 Å². The van der Waals surface area contributed by atoms with Gasteiger partial charge < -0.3 is 14.7 Å². The number of amides is 2. The summed E-state index contributed by atoms with van der Waals surface area (Å²) in [6, 6.07) is 10.8. The van der Waals surface area contributed by atoms with E-state index in [1.165, 1.54) is 6.07 Å². The summed E-state index contributed by atoms with van der Waals surface area (Å²) in [5, 5.41) is 9.19. The van der Waals surface area contributed by atoms with Crippen molar-refractivity contribution in [2.45, 2.75) is 52.4 Å². The van der Waals surface area contributed by atoms with Crippen molar-refractivity contribution in [1.82, 2.24) is 19.7 Å². The minimum absolute atomic E-state index is 0.0145. The zero-order valence-corrected chi connectivity index (χ0v) is 24.1. The van der Waals surface area contributed by atoms with Crippen molar-refractivity contribution >= 4 is 11.8 Å². The molecule has 0 radical (unpaired) electrons. The van der Waals surface area contributed by atoms with E-state index in [2.05, 4.69) is 16.0 Å². The van der Waals surface area contributed by atoms with Crippen LogP contribution in [0, 0.1) is 48.7 Å². The summed E-state index contributed by atoms with van der Waals surface area (Å²) in [5.41, 5.74) is 3.28. The summed E-state index contributed by atoms with van der Waals surface area (Å²) in [7, 11) is 0. The van der Waals surface area contributed by atoms with E-state index in [1.807, 2.05) is 36.6 Å². The van der Waals surface area contributed by atoms with Crippen LogP contribution in [0.3, 0.4) is 0 Å². The Morgan fingerprint density at radius 2 is 1.75 bits per heavy atom. The number of benzene rings is 1. The summed E-state index contributed by atoms with van der Waals surface area (Å²) in [4.78, 5) is 36.8. The molecule has 2 aromatic rings. The highest BCUT2D eigenvalue weighted by Crippen LogP contribution is 2.41. The van der Waals surface area contributed by atoms with E-state index in [0.717, 1.165) is 63.1 Å². The molecule has 0 N–H and O–H groups in total. The molecule has 0 aliphatic carbocycles. The maximum atomic E-state index is 14.3. The van der Waals surface area contributed by atoms with E-state index >= 15 is 0 Å². The molecule has 2 atom stereocenters. The zero-order chi connectivity index (χ0) is 28.6. The molecule has 2 unspecified atom stereocenters. The first-order chi connectivity index (χ1) is 19.1. The Kier molecular flexibility index (Phi) is 7.96. The van der Waals surface area contributed by atoms with Gasteiger partial charge in [-0.3, -0.25) is 9.59 Å². The second-order valence-corrected chi connectivity index (χ2v) is 12.4. The van der Waals surface area contributed by atoms with Crippen LogP contribution in [0.15, 0.2) is 30.3 Å². The number of nitriles is 1. The maximum absolute atomic E-state index is 14.3. The van der Waals surface area contributed by atoms with Crippen molar-refractivity contribution in [3.8, 4) is 6.07 Å². The molecule has 3 aliphatic heterocycles. The topological polar surface area (TPSA) is 80.5 Å². The third kappa shape index (κ3) is 5.49. The quantitative estimate of drug-likeness (QED) is 0.540. The number of piperidine rings is 1. The van der Waals surface area contributed by atoms with E-state index in [-0.39, 0.29) is 29.0 Å². The zero-order valence-electron chi connectivity index (χ0n) is 24.1. The van der Waals surface area contributed by atoms with Gasteiger partial charge in [0.25, 0.3) is 5.91 Å². The smallest absolute Gasteiger partial charge is 0.255 e. The first-order valence-electron chi connectivity index (χ1n) is 14.5. The molecule has 7 nitrogen and oxygen atoms in total. The Morgan fingerprint density at radius 1 is 1.07 bits per heavy atom. The van der Waals surface area contributed by atoms with E-state index in [9.17, 15) is 19.2 Å². The standard InChI is InChI=1S/C32H40FN5O2/c1-21(2)30(39)37-12-9-32(10-13-37,26-6-5-7-27(33)15-26)8-11-36-17-24-19-38(20-25(24)18-36)31(40)29-22(3)14-28(16-34)35-23(29)4/h5-7,14-15,21,24-25H,8-13,17-20H2,1-4H3. The minimum Gasteiger partial charge on any atom is -0.342 e. The highest BCUT2D eigenvalue weighted by molar-refractivity contribution is 5.97. The molecule has 5 rings (SSSR count). The predicted molar refractivity (Wildman–Crippen MR) is 151 cm³/mol. The molecule has 40 heavy (non-hydrogen) atoms. The van der Waals surface area contributed by atoms with Gasteiger partial charge in [-0.1, -0.05) is 26.0 Å². The van der Waals surface area contributed by atoms with Gasteiger partial charge in [-0.05, 0) is 86.2 Å². The van der Waals surface area contributed by atoms with Crippen molar-refractivity contribution in [2.75, 3.05) is 45.8 Å². The molecule has 3 fully saturated rings. The molecule has 1 aromatic heterocycles. The van der Waals surface area contributed by atoms with Crippen LogP contribution in [0.25, 0.3) is 0 Å². The Labute approximate surface area is 237 Å². The number of carbonyl (C=O) groups excluding carboxylic acids is 2. The van der Waals surface area contributed by atoms with Crippen molar-refractivity contribution in [2.24, 2.45) is 17.8 Å². The van der Waals surface area contributed by atoms with Crippen molar-refractivity contribution < 1.29 is 14.0 Å². The second kappa shape index (κ2) is 11.3. The summed E-state index contributed by atoms with van der Waals surface area (Å²) >= 11 is 0. The lowest BCUT2D eigenvalue weighted by Crippen LogP contribution is -2.47. The Hall–Kier alpha value is -3.31. The van der Waals surface area contributed by atoms with Gasteiger partial charge in [0, 0.05) is 45.2 Å². The van der Waals surface area contributed by atoms with Gasteiger partial charge in [-0.25, -0.2) is 9.37 Å². The van der Waals surface area contributed by atoms with Crippen LogP contribution in [0.2, 0.25) is 0 Å². The SMILES string of the molecule is Cc1cc(C#N)nc(C)c1C(=O)N1CC2CN(CCC3(c4cccc(F)c4)CCN(C(=O)C(C)C)CC3)CC2C1. The van der Waals surface area contributed by atoms with Gasteiger partial charge in [0.1, 0.15) is 17.6 Å². The van der Waals surface area contributed by atoms with Crippen molar-refractivity contribution in [3.63, 3.8) is 0 Å². The summed E-state index contributed by atoms with van der Waals surface area (Å²) in [6.45, 7) is 13.3. The maximum Gasteiger partial charge on any atom is 0.255 e. The fraction of sp³-hybridized carbons (Fsp3) is 0.562. The highest BCUT2D eigenvalue weighted by atomic mass is 19.1. The molecule has 3 saturated heterocycles. The molecule has 8 heteroatoms. The number of likely N-dealkylation sites (tertiary alicyclic amines) is 3. The lowest BCUT2D eigenvalue weighted by molar-refractivity contribution is -0.136. The van der Waals surface area contributed by atoms with Crippen molar-refractivity contribution in [3.05, 3.63) is 64.2 Å². The lowest BCUT2D eigenvalue weighted by Gasteiger charge is -2.43. The number of aromatic nitrogens is 1. The third-order valence-corrected chi connectivity index (χ3v) is 9.44. The third-order valence-electron chi connectivity index (χ3n) is 9.44. The van der Waals surface area contributed by atoms with Crippen molar-refractivity contribution in [1.29, 1.82) is 5.26 Å². The number of hydrogen-bond acceptors (Lipinski definition) is 5. The van der Waals surface area contributed by atoms with Crippen LogP contribution < -0.4 is 0 Å². The molecular formula is C32H40FN5O2. The van der Waals surface area contributed by atoms with E-state index in [4.69, 9.17) is 0 Å². The lowest BCUT2D eigenvalue weighted by atomic mass is 9.70. The molecule has 212 valence electrons. The number of aryl methyl sites for hydroxylation is 2. The number of carbonyl (C=O) groups is 2. The van der Waals surface area contributed by atoms with Gasteiger partial charge in [0.15, 0.2) is 0 Å². The van der Waals surface area contributed by atoms with Crippen LogP contribution in [-0.2, 0) is 10.2 Å². The van der Waals surface area contributed by atoms with Gasteiger partial charge in [0.05, 0.1) is 11.3 Å². The molecular weight excluding hydrogens is 505 g/mol. The first-order valence-corrected chi connectivity index (χ1v) is 14.5. The number of nitrogens with zero attached hydrogens (tertiary/aromatic N) is 5. The van der Waals surface area contributed by atoms with Gasteiger partial charge in [-0.15, -0.1) is 0 Å². The Balaban J connectivity index is 1.22. The molecule has 3 aliphatic rings. The number of hydrogen-bond donors (Lipinski definition) is 0. The van der Waals surface area contributed by atoms with Gasteiger partial charge in [-0.2, -0.15) is 5.26 Å².